The van der Waals surface area contributed by atoms with E-state index in [0.717, 1.165) is 24.1 Å². The van der Waals surface area contributed by atoms with Gasteiger partial charge in [0.25, 0.3) is 0 Å². The molecule has 1 unspecified atom stereocenters. The smallest absolute Gasteiger partial charge is 0.164 e. The van der Waals surface area contributed by atoms with E-state index < -0.39 is 0 Å². The van der Waals surface area contributed by atoms with Gasteiger partial charge in [-0.2, -0.15) is 5.10 Å². The van der Waals surface area contributed by atoms with E-state index in [2.05, 4.69) is 27.4 Å². The molecule has 0 spiro atoms. The summed E-state index contributed by atoms with van der Waals surface area (Å²) in [5.41, 5.74) is 0. The SMILES string of the molecule is CCCC(NCc1n[nH]c(C)n1)C1CC1. The molecule has 1 fully saturated rings. The zero-order chi connectivity index (χ0) is 10.7. The quantitative estimate of drug-likeness (QED) is 0.749. The fraction of sp³-hybridized carbons (Fsp3) is 0.818. The van der Waals surface area contributed by atoms with Crippen molar-refractivity contribution in [2.24, 2.45) is 5.92 Å². The Bertz CT molecular complexity index is 303. The number of aromatic nitrogens is 3. The van der Waals surface area contributed by atoms with E-state index in [1.54, 1.807) is 0 Å². The first kappa shape index (κ1) is 10.6. The van der Waals surface area contributed by atoms with Gasteiger partial charge in [-0.3, -0.25) is 5.10 Å². The van der Waals surface area contributed by atoms with Crippen LogP contribution in [0, 0.1) is 12.8 Å². The molecule has 84 valence electrons. The van der Waals surface area contributed by atoms with Crippen LogP contribution in [-0.4, -0.2) is 21.2 Å². The van der Waals surface area contributed by atoms with Crippen molar-refractivity contribution in [1.82, 2.24) is 20.5 Å². The largest absolute Gasteiger partial charge is 0.307 e. The Balaban J connectivity index is 1.79. The van der Waals surface area contributed by atoms with Crippen molar-refractivity contribution in [1.29, 1.82) is 0 Å². The van der Waals surface area contributed by atoms with Crippen LogP contribution in [0.4, 0.5) is 0 Å². The molecule has 1 aromatic rings. The first-order chi connectivity index (χ1) is 7.29. The minimum Gasteiger partial charge on any atom is -0.307 e. The first-order valence-corrected chi connectivity index (χ1v) is 5.91. The minimum absolute atomic E-state index is 0.675. The van der Waals surface area contributed by atoms with Gasteiger partial charge in [0.1, 0.15) is 5.82 Å². The van der Waals surface area contributed by atoms with Gasteiger partial charge >= 0.3 is 0 Å². The molecule has 2 N–H and O–H groups in total. The highest BCUT2D eigenvalue weighted by Crippen LogP contribution is 2.34. The highest BCUT2D eigenvalue weighted by molar-refractivity contribution is 4.91. The molecular weight excluding hydrogens is 188 g/mol. The molecule has 1 heterocycles. The third kappa shape index (κ3) is 3.02. The molecule has 0 aliphatic heterocycles. The van der Waals surface area contributed by atoms with E-state index in [-0.39, 0.29) is 0 Å². The molecule has 0 amide bonds. The highest BCUT2D eigenvalue weighted by Gasteiger charge is 2.30. The summed E-state index contributed by atoms with van der Waals surface area (Å²) >= 11 is 0. The van der Waals surface area contributed by atoms with Gasteiger partial charge in [0, 0.05) is 6.04 Å². The molecular formula is C11H20N4. The Kier molecular flexibility index (Phi) is 3.36. The summed E-state index contributed by atoms with van der Waals surface area (Å²) in [4.78, 5) is 4.29. The molecule has 15 heavy (non-hydrogen) atoms. The maximum Gasteiger partial charge on any atom is 0.164 e. The van der Waals surface area contributed by atoms with Crippen molar-refractivity contribution in [2.75, 3.05) is 0 Å². The lowest BCUT2D eigenvalue weighted by molar-refractivity contribution is 0.424. The molecule has 0 radical (unpaired) electrons. The number of hydrogen-bond acceptors (Lipinski definition) is 3. The van der Waals surface area contributed by atoms with Gasteiger partial charge in [0.05, 0.1) is 6.54 Å². The number of nitrogens with zero attached hydrogens (tertiary/aromatic N) is 2. The van der Waals surface area contributed by atoms with E-state index in [1.807, 2.05) is 6.92 Å². The van der Waals surface area contributed by atoms with Gasteiger partial charge < -0.3 is 5.32 Å². The molecule has 1 saturated carbocycles. The van der Waals surface area contributed by atoms with Crippen molar-refractivity contribution in [3.05, 3.63) is 11.6 Å². The third-order valence-electron chi connectivity index (χ3n) is 2.96. The molecule has 0 bridgehead atoms. The van der Waals surface area contributed by atoms with E-state index in [9.17, 15) is 0 Å². The summed E-state index contributed by atoms with van der Waals surface area (Å²) in [6, 6.07) is 0.675. The minimum atomic E-state index is 0.675. The number of hydrogen-bond donors (Lipinski definition) is 2. The zero-order valence-electron chi connectivity index (χ0n) is 9.58. The number of aromatic amines is 1. The van der Waals surface area contributed by atoms with Gasteiger partial charge in [-0.25, -0.2) is 4.98 Å². The highest BCUT2D eigenvalue weighted by atomic mass is 15.2. The number of aryl methyl sites for hydroxylation is 1. The van der Waals surface area contributed by atoms with Crippen molar-refractivity contribution in [2.45, 2.75) is 52.1 Å². The van der Waals surface area contributed by atoms with Gasteiger partial charge in [0.2, 0.25) is 0 Å². The molecule has 0 aromatic carbocycles. The predicted octanol–water partition coefficient (Wildman–Crippen LogP) is 1.78. The third-order valence-corrected chi connectivity index (χ3v) is 2.96. The monoisotopic (exact) mass is 208 g/mol. The van der Waals surface area contributed by atoms with E-state index in [1.165, 1.54) is 25.7 Å². The Labute approximate surface area is 90.9 Å². The number of nitrogens with one attached hydrogen (secondary N) is 2. The van der Waals surface area contributed by atoms with Crippen LogP contribution in [0.25, 0.3) is 0 Å². The van der Waals surface area contributed by atoms with Crippen LogP contribution in [0.1, 0.15) is 44.3 Å². The van der Waals surface area contributed by atoms with Crippen LogP contribution in [0.5, 0.6) is 0 Å². The molecule has 2 rings (SSSR count). The fourth-order valence-electron chi connectivity index (χ4n) is 2.00. The molecule has 1 aromatic heterocycles. The van der Waals surface area contributed by atoms with Gasteiger partial charge in [-0.05, 0) is 32.1 Å². The van der Waals surface area contributed by atoms with Crippen molar-refractivity contribution < 1.29 is 0 Å². The molecule has 4 nitrogen and oxygen atoms in total. The van der Waals surface area contributed by atoms with Crippen LogP contribution in [0.3, 0.4) is 0 Å². The van der Waals surface area contributed by atoms with Crippen LogP contribution in [-0.2, 0) is 6.54 Å². The van der Waals surface area contributed by atoms with Crippen molar-refractivity contribution in [3.63, 3.8) is 0 Å². The van der Waals surface area contributed by atoms with E-state index >= 15 is 0 Å². The second-order valence-corrected chi connectivity index (χ2v) is 4.45. The lowest BCUT2D eigenvalue weighted by atomic mass is 10.1. The number of rotatable bonds is 6. The van der Waals surface area contributed by atoms with Gasteiger partial charge in [-0.1, -0.05) is 13.3 Å². The summed E-state index contributed by atoms with van der Waals surface area (Å²) in [5, 5.41) is 10.6. The Hall–Kier alpha value is -0.900. The van der Waals surface area contributed by atoms with Gasteiger partial charge in [0.15, 0.2) is 5.82 Å². The van der Waals surface area contributed by atoms with Gasteiger partial charge in [-0.15, -0.1) is 0 Å². The van der Waals surface area contributed by atoms with Crippen molar-refractivity contribution in [3.8, 4) is 0 Å². The first-order valence-electron chi connectivity index (χ1n) is 5.91. The molecule has 1 aliphatic rings. The maximum absolute atomic E-state index is 4.29. The van der Waals surface area contributed by atoms with Crippen LogP contribution in [0.2, 0.25) is 0 Å². The van der Waals surface area contributed by atoms with Crippen LogP contribution in [0.15, 0.2) is 0 Å². The Morgan fingerprint density at radius 3 is 2.87 bits per heavy atom. The molecule has 4 heteroatoms. The summed E-state index contributed by atoms with van der Waals surface area (Å²) < 4.78 is 0. The molecule has 0 saturated heterocycles. The van der Waals surface area contributed by atoms with E-state index in [0.29, 0.717) is 6.04 Å². The number of H-pyrrole nitrogens is 1. The normalized spacial score (nSPS) is 18.0. The lowest BCUT2D eigenvalue weighted by Gasteiger charge is -2.15. The summed E-state index contributed by atoms with van der Waals surface area (Å²) in [7, 11) is 0. The Morgan fingerprint density at radius 2 is 2.33 bits per heavy atom. The van der Waals surface area contributed by atoms with Crippen LogP contribution >= 0.6 is 0 Å². The van der Waals surface area contributed by atoms with Crippen LogP contribution < -0.4 is 5.32 Å². The summed E-state index contributed by atoms with van der Waals surface area (Å²) in [6.07, 6.45) is 5.31. The topological polar surface area (TPSA) is 53.6 Å². The molecule has 1 aliphatic carbocycles. The second kappa shape index (κ2) is 4.75. The maximum atomic E-state index is 4.29. The summed E-state index contributed by atoms with van der Waals surface area (Å²) in [5.74, 6) is 2.68. The Morgan fingerprint density at radius 1 is 1.53 bits per heavy atom. The summed E-state index contributed by atoms with van der Waals surface area (Å²) in [6.45, 7) is 4.97. The fourth-order valence-corrected chi connectivity index (χ4v) is 2.00. The lowest BCUT2D eigenvalue weighted by Crippen LogP contribution is -2.30. The predicted molar refractivity (Wildman–Crippen MR) is 59.4 cm³/mol. The average molecular weight is 208 g/mol. The average Bonchev–Trinajstić information content (AvgIpc) is 2.97. The zero-order valence-corrected chi connectivity index (χ0v) is 9.58. The second-order valence-electron chi connectivity index (χ2n) is 4.45. The van der Waals surface area contributed by atoms with Crippen molar-refractivity contribution >= 4 is 0 Å². The standard InChI is InChI=1S/C11H20N4/c1-3-4-10(9-5-6-9)12-7-11-13-8(2)14-15-11/h9-10,12H,3-7H2,1-2H3,(H,13,14,15). The van der Waals surface area contributed by atoms with E-state index in [4.69, 9.17) is 0 Å². The molecule has 1 atom stereocenters.